The van der Waals surface area contributed by atoms with Gasteiger partial charge in [-0.05, 0) is 55.5 Å². The van der Waals surface area contributed by atoms with Crippen molar-refractivity contribution in [1.82, 2.24) is 0 Å². The average molecular weight is 384 g/mol. The zero-order valence-electron chi connectivity index (χ0n) is 8.81. The lowest BCUT2D eigenvalue weighted by molar-refractivity contribution is 0.586. The van der Waals surface area contributed by atoms with Crippen LogP contribution in [0.5, 0.6) is 0 Å². The van der Waals surface area contributed by atoms with Gasteiger partial charge in [-0.1, -0.05) is 15.9 Å². The molecule has 0 amide bonds. The van der Waals surface area contributed by atoms with Crippen LogP contribution in [0.3, 0.4) is 0 Å². The molecule has 1 aromatic rings. The maximum absolute atomic E-state index is 13.4. The third kappa shape index (κ3) is 4.18. The van der Waals surface area contributed by atoms with E-state index in [1.807, 2.05) is 49.4 Å². The van der Waals surface area contributed by atoms with E-state index in [2.05, 4.69) is 20.9 Å². The van der Waals surface area contributed by atoms with Crippen molar-refractivity contribution >= 4 is 44.7 Å². The minimum atomic E-state index is -0.222. The molecule has 0 atom stereocenters. The molecule has 0 bridgehead atoms. The zero-order chi connectivity index (χ0) is 11.6. The van der Waals surface area contributed by atoms with Crippen molar-refractivity contribution in [2.24, 2.45) is 4.99 Å². The molecular weight excluding hydrogens is 372 g/mol. The molecule has 0 unspecified atom stereocenters. The quantitative estimate of drug-likeness (QED) is 0.387. The van der Waals surface area contributed by atoms with E-state index in [1.165, 1.54) is 6.07 Å². The van der Waals surface area contributed by atoms with Crippen LogP contribution in [-0.2, 0) is 0 Å². The first-order valence-corrected chi connectivity index (χ1v) is 6.36. The maximum Gasteiger partial charge on any atom is 0.138 e. The smallest absolute Gasteiger partial charge is 0.138 e. The third-order valence-electron chi connectivity index (χ3n) is 1.61. The summed E-state index contributed by atoms with van der Waals surface area (Å²) in [6.07, 6.45) is 1.72. The number of benzene rings is 1. The number of halogens is 3. The largest absolute Gasteiger partial charge is 0.287 e. The van der Waals surface area contributed by atoms with Crippen LogP contribution < -0.4 is 0 Å². The van der Waals surface area contributed by atoms with Crippen molar-refractivity contribution in [1.29, 1.82) is 0 Å². The van der Waals surface area contributed by atoms with Gasteiger partial charge in [0.2, 0.25) is 0 Å². The summed E-state index contributed by atoms with van der Waals surface area (Å²) < 4.78 is 14.7. The highest BCUT2D eigenvalue weighted by Gasteiger charge is 2.08. The molecule has 1 aromatic carbocycles. The molecule has 4 heteroatoms. The summed E-state index contributed by atoms with van der Waals surface area (Å²) in [7, 11) is 0. The van der Waals surface area contributed by atoms with Gasteiger partial charge in [-0.3, -0.25) is 4.99 Å². The van der Waals surface area contributed by atoms with E-state index in [9.17, 15) is 4.39 Å². The molecule has 0 radical (unpaired) electrons. The minimum absolute atomic E-state index is 0.137. The minimum Gasteiger partial charge on any atom is -0.287 e. The van der Waals surface area contributed by atoms with Crippen LogP contribution in [0.2, 0.25) is 0 Å². The third-order valence-corrected chi connectivity index (χ3v) is 3.21. The van der Waals surface area contributed by atoms with E-state index >= 15 is 0 Å². The number of nitrogens with zero attached hydrogens (tertiary/aromatic N) is 1. The Balaban J connectivity index is 3.10. The van der Waals surface area contributed by atoms with Crippen molar-refractivity contribution in [2.45, 2.75) is 26.3 Å². The van der Waals surface area contributed by atoms with Crippen LogP contribution in [0, 0.1) is 9.39 Å². The van der Waals surface area contributed by atoms with Gasteiger partial charge in [0, 0.05) is 16.3 Å². The fourth-order valence-corrected chi connectivity index (χ4v) is 1.83. The van der Waals surface area contributed by atoms with Crippen LogP contribution in [0.1, 0.15) is 26.3 Å². The van der Waals surface area contributed by atoms with Crippen LogP contribution in [0.4, 0.5) is 4.39 Å². The van der Waals surface area contributed by atoms with Crippen LogP contribution in [-0.4, -0.2) is 11.8 Å². The summed E-state index contributed by atoms with van der Waals surface area (Å²) in [5, 5.41) is 0. The topological polar surface area (TPSA) is 12.4 Å². The Kier molecular flexibility index (Phi) is 4.29. The monoisotopic (exact) mass is 383 g/mol. The predicted octanol–water partition coefficient (Wildman–Crippen LogP) is 4.41. The first kappa shape index (κ1) is 13.1. The summed E-state index contributed by atoms with van der Waals surface area (Å²) in [6.45, 7) is 6.01. The highest BCUT2D eigenvalue weighted by molar-refractivity contribution is 14.1. The van der Waals surface area contributed by atoms with E-state index in [1.54, 1.807) is 6.21 Å². The van der Waals surface area contributed by atoms with Crippen molar-refractivity contribution in [3.8, 4) is 0 Å². The molecule has 0 aliphatic rings. The fourth-order valence-electron chi connectivity index (χ4n) is 0.933. The highest BCUT2D eigenvalue weighted by atomic mass is 127. The molecule has 0 saturated heterocycles. The second-order valence-corrected chi connectivity index (χ2v) is 6.21. The van der Waals surface area contributed by atoms with Gasteiger partial charge < -0.3 is 0 Å². The molecule has 82 valence electrons. The molecule has 0 spiro atoms. The number of hydrogen-bond acceptors (Lipinski definition) is 1. The van der Waals surface area contributed by atoms with Crippen LogP contribution >= 0.6 is 38.5 Å². The molecular formula is C11H12BrFIN. The standard InChI is InChI=1S/C11H12BrFIN/c1-11(2,3)15-6-7-4-8(12)5-9(13)10(7)14/h4-6H,1-3H3. The summed E-state index contributed by atoms with van der Waals surface area (Å²) in [5.74, 6) is -0.222. The van der Waals surface area contributed by atoms with Crippen LogP contribution in [0.15, 0.2) is 21.6 Å². The Labute approximate surface area is 111 Å². The highest BCUT2D eigenvalue weighted by Crippen LogP contribution is 2.21. The SMILES string of the molecule is CC(C)(C)N=Cc1cc(Br)cc(F)c1I. The normalized spacial score (nSPS) is 12.4. The van der Waals surface area contributed by atoms with Crippen LogP contribution in [0.25, 0.3) is 0 Å². The van der Waals surface area contributed by atoms with Gasteiger partial charge in [0.05, 0.1) is 9.11 Å². The van der Waals surface area contributed by atoms with Gasteiger partial charge in [0.1, 0.15) is 5.82 Å². The molecule has 1 rings (SSSR count). The van der Waals surface area contributed by atoms with E-state index in [0.29, 0.717) is 3.57 Å². The van der Waals surface area contributed by atoms with Gasteiger partial charge in [0.25, 0.3) is 0 Å². The zero-order valence-corrected chi connectivity index (χ0v) is 12.6. The van der Waals surface area contributed by atoms with Gasteiger partial charge in [-0.15, -0.1) is 0 Å². The van der Waals surface area contributed by atoms with Gasteiger partial charge in [-0.25, -0.2) is 4.39 Å². The van der Waals surface area contributed by atoms with Gasteiger partial charge in [-0.2, -0.15) is 0 Å². The summed E-state index contributed by atoms with van der Waals surface area (Å²) in [4.78, 5) is 4.35. The van der Waals surface area contributed by atoms with E-state index in [0.717, 1.165) is 10.0 Å². The molecule has 0 heterocycles. The molecule has 0 aromatic heterocycles. The van der Waals surface area contributed by atoms with Gasteiger partial charge in [0.15, 0.2) is 0 Å². The van der Waals surface area contributed by atoms with E-state index in [4.69, 9.17) is 0 Å². The maximum atomic E-state index is 13.4. The molecule has 0 N–H and O–H groups in total. The predicted molar refractivity (Wildman–Crippen MR) is 74.2 cm³/mol. The second-order valence-electron chi connectivity index (χ2n) is 4.22. The number of rotatable bonds is 1. The molecule has 0 fully saturated rings. The lowest BCUT2D eigenvalue weighted by Crippen LogP contribution is -2.10. The lowest BCUT2D eigenvalue weighted by Gasteiger charge is -2.11. The van der Waals surface area contributed by atoms with E-state index in [-0.39, 0.29) is 11.4 Å². The van der Waals surface area contributed by atoms with Crippen molar-refractivity contribution in [3.63, 3.8) is 0 Å². The Hall–Kier alpha value is 0.0300. The van der Waals surface area contributed by atoms with Crippen molar-refractivity contribution in [3.05, 3.63) is 31.6 Å². The van der Waals surface area contributed by atoms with Crippen molar-refractivity contribution < 1.29 is 4.39 Å². The van der Waals surface area contributed by atoms with Gasteiger partial charge >= 0.3 is 0 Å². The Morgan fingerprint density at radius 3 is 2.53 bits per heavy atom. The Bertz CT molecular complexity index is 396. The number of hydrogen-bond donors (Lipinski definition) is 0. The summed E-state index contributed by atoms with van der Waals surface area (Å²) in [6, 6.07) is 3.32. The second kappa shape index (κ2) is 4.91. The summed E-state index contributed by atoms with van der Waals surface area (Å²) >= 11 is 5.25. The molecule has 0 aliphatic heterocycles. The average Bonchev–Trinajstić information content (AvgIpc) is 2.07. The Morgan fingerprint density at radius 1 is 1.40 bits per heavy atom. The lowest BCUT2D eigenvalue weighted by atomic mass is 10.1. The fraction of sp³-hybridized carbons (Fsp3) is 0.364. The molecule has 1 nitrogen and oxygen atoms in total. The molecule has 15 heavy (non-hydrogen) atoms. The summed E-state index contributed by atoms with van der Waals surface area (Å²) in [5.41, 5.74) is 0.666. The molecule has 0 saturated carbocycles. The first-order valence-electron chi connectivity index (χ1n) is 4.49. The first-order chi connectivity index (χ1) is 6.79. The number of aliphatic imine (C=N–C) groups is 1. The van der Waals surface area contributed by atoms with E-state index < -0.39 is 0 Å². The Morgan fingerprint density at radius 2 is 2.00 bits per heavy atom. The molecule has 0 aliphatic carbocycles. The van der Waals surface area contributed by atoms with Crippen molar-refractivity contribution in [2.75, 3.05) is 0 Å².